The van der Waals surface area contributed by atoms with Gasteiger partial charge in [0.25, 0.3) is 0 Å². The summed E-state index contributed by atoms with van der Waals surface area (Å²) in [5.74, 6) is 0.666. The zero-order chi connectivity index (χ0) is 23.5. The van der Waals surface area contributed by atoms with Crippen LogP contribution in [-0.4, -0.2) is 35.6 Å². The monoisotopic (exact) mass is 487 g/mol. The largest absolute Gasteiger partial charge is 0.486 e. The zero-order valence-corrected chi connectivity index (χ0v) is 19.8. The van der Waals surface area contributed by atoms with Crippen LogP contribution in [0.15, 0.2) is 48.5 Å². The highest BCUT2D eigenvalue weighted by atomic mass is 35.5. The Hall–Kier alpha value is -2.96. The maximum absolute atomic E-state index is 12.8. The number of carbonyl (C=O) groups excluding carboxylic acids is 2. The van der Waals surface area contributed by atoms with Gasteiger partial charge in [0.05, 0.1) is 23.0 Å². The van der Waals surface area contributed by atoms with E-state index in [-0.39, 0.29) is 24.9 Å². The summed E-state index contributed by atoms with van der Waals surface area (Å²) in [6.45, 7) is 4.42. The number of Topliss-reactive ketones (excluding diaryl/α,β-unsaturated/α-hetero) is 1. The number of hydrogen-bond acceptors (Lipinski definition) is 5. The summed E-state index contributed by atoms with van der Waals surface area (Å²) in [5, 5.41) is 0.773. The highest BCUT2D eigenvalue weighted by Gasteiger charge is 2.24. The van der Waals surface area contributed by atoms with Crippen LogP contribution in [0, 0.1) is 13.8 Å². The highest BCUT2D eigenvalue weighted by Crippen LogP contribution is 2.31. The van der Waals surface area contributed by atoms with E-state index in [1.165, 1.54) is 0 Å². The predicted octanol–water partition coefficient (Wildman–Crippen LogP) is 5.22. The fraction of sp³-hybridized carbons (Fsp3) is 0.280. The number of ether oxygens (including phenoxy) is 3. The maximum atomic E-state index is 12.8. The molecule has 1 aromatic heterocycles. The fourth-order valence-electron chi connectivity index (χ4n) is 3.81. The molecule has 0 spiro atoms. The van der Waals surface area contributed by atoms with Gasteiger partial charge in [-0.2, -0.15) is 0 Å². The third-order valence-corrected chi connectivity index (χ3v) is 6.26. The van der Waals surface area contributed by atoms with Crippen molar-refractivity contribution in [3.05, 3.63) is 81.1 Å². The molecule has 0 saturated heterocycles. The summed E-state index contributed by atoms with van der Waals surface area (Å²) in [4.78, 5) is 24.9. The summed E-state index contributed by atoms with van der Waals surface area (Å²) in [6.07, 6.45) is -0.180. The molecule has 2 heterocycles. The van der Waals surface area contributed by atoms with Gasteiger partial charge in [-0.15, -0.1) is 0 Å². The van der Waals surface area contributed by atoms with Gasteiger partial charge in [0.2, 0.25) is 5.78 Å². The van der Waals surface area contributed by atoms with Crippen LogP contribution in [0.5, 0.6) is 11.5 Å². The predicted molar refractivity (Wildman–Crippen MR) is 126 cm³/mol. The van der Waals surface area contributed by atoms with E-state index in [1.807, 2.05) is 48.7 Å². The van der Waals surface area contributed by atoms with Gasteiger partial charge in [0.15, 0.2) is 24.2 Å². The number of halogens is 2. The first-order valence-electron chi connectivity index (χ1n) is 10.5. The molecule has 0 unspecified atom stereocenters. The summed E-state index contributed by atoms with van der Waals surface area (Å²) in [7, 11) is 0. The summed E-state index contributed by atoms with van der Waals surface area (Å²) in [5.41, 5.74) is 2.89. The lowest BCUT2D eigenvalue weighted by atomic mass is 10.1. The van der Waals surface area contributed by atoms with Gasteiger partial charge in [-0.05, 0) is 49.7 Å². The fourth-order valence-corrected chi connectivity index (χ4v) is 4.13. The number of hydrogen-bond donors (Lipinski definition) is 0. The molecular formula is C25H23Cl2NO5. The van der Waals surface area contributed by atoms with Crippen molar-refractivity contribution in [2.24, 2.45) is 0 Å². The molecule has 4 rings (SSSR count). The molecule has 0 bridgehead atoms. The van der Waals surface area contributed by atoms with E-state index in [0.29, 0.717) is 40.1 Å². The minimum Gasteiger partial charge on any atom is -0.486 e. The van der Waals surface area contributed by atoms with E-state index >= 15 is 0 Å². The minimum absolute atomic E-state index is 0.00365. The first kappa shape index (κ1) is 23.2. The molecule has 1 aliphatic heterocycles. The number of nitrogens with zero attached hydrogens (tertiary/aromatic N) is 1. The Morgan fingerprint density at radius 2 is 1.82 bits per heavy atom. The second-order valence-corrected chi connectivity index (χ2v) is 8.72. The van der Waals surface area contributed by atoms with E-state index in [1.54, 1.807) is 18.2 Å². The van der Waals surface area contributed by atoms with Crippen LogP contribution < -0.4 is 9.47 Å². The van der Waals surface area contributed by atoms with Crippen molar-refractivity contribution in [3.8, 4) is 11.5 Å². The van der Waals surface area contributed by atoms with Crippen LogP contribution >= 0.6 is 23.2 Å². The molecule has 3 aromatic rings. The first-order valence-corrected chi connectivity index (χ1v) is 11.3. The Balaban J connectivity index is 1.36. The van der Waals surface area contributed by atoms with Crippen molar-refractivity contribution in [3.63, 3.8) is 0 Å². The number of benzene rings is 2. The Bertz CT molecular complexity index is 1200. The minimum atomic E-state index is -0.512. The van der Waals surface area contributed by atoms with Crippen molar-refractivity contribution in [1.29, 1.82) is 0 Å². The number of ketones is 1. The average Bonchev–Trinajstić information content (AvgIpc) is 3.08. The van der Waals surface area contributed by atoms with Crippen LogP contribution in [0.25, 0.3) is 0 Å². The van der Waals surface area contributed by atoms with E-state index in [0.717, 1.165) is 17.1 Å². The Kier molecular flexibility index (Phi) is 6.96. The molecule has 0 radical (unpaired) electrons. The van der Waals surface area contributed by atoms with Crippen LogP contribution in [0.3, 0.4) is 0 Å². The van der Waals surface area contributed by atoms with E-state index < -0.39 is 5.97 Å². The van der Waals surface area contributed by atoms with Gasteiger partial charge in [-0.25, -0.2) is 0 Å². The van der Waals surface area contributed by atoms with Gasteiger partial charge in [-0.1, -0.05) is 41.4 Å². The van der Waals surface area contributed by atoms with Crippen molar-refractivity contribution >= 4 is 35.0 Å². The molecule has 33 heavy (non-hydrogen) atoms. The van der Waals surface area contributed by atoms with Crippen LogP contribution in [0.2, 0.25) is 10.0 Å². The second-order valence-electron chi connectivity index (χ2n) is 7.90. The van der Waals surface area contributed by atoms with Gasteiger partial charge in [-0.3, -0.25) is 9.59 Å². The van der Waals surface area contributed by atoms with E-state index in [9.17, 15) is 9.59 Å². The summed E-state index contributed by atoms with van der Waals surface area (Å²) in [6, 6.07) is 14.3. The number of aryl methyl sites for hydroxylation is 1. The second kappa shape index (κ2) is 9.89. The molecule has 0 fully saturated rings. The SMILES string of the molecule is Cc1cc(C(=O)COC(=O)Cc2ccc(Cl)c(Cl)c2)c(C)n1C[C@@H]1COc2ccccc2O1. The standard InChI is InChI=1S/C25H23Cl2NO5/c1-15-9-19(22(29)14-32-25(30)11-17-7-8-20(26)21(27)10-17)16(2)28(15)12-18-13-31-23-5-3-4-6-24(23)33-18/h3-10,18H,11-14H2,1-2H3/t18-/m1/s1. The quantitative estimate of drug-likeness (QED) is 0.337. The molecule has 0 saturated carbocycles. The van der Waals surface area contributed by atoms with E-state index in [2.05, 4.69) is 0 Å². The molecule has 0 aliphatic carbocycles. The molecule has 0 amide bonds. The third-order valence-electron chi connectivity index (χ3n) is 5.52. The van der Waals surface area contributed by atoms with Gasteiger partial charge in [0, 0.05) is 17.0 Å². The first-order chi connectivity index (χ1) is 15.8. The average molecular weight is 488 g/mol. The molecule has 8 heteroatoms. The molecule has 172 valence electrons. The third kappa shape index (κ3) is 5.34. The lowest BCUT2D eigenvalue weighted by Gasteiger charge is -2.27. The topological polar surface area (TPSA) is 66.8 Å². The Labute approximate surface area is 202 Å². The van der Waals surface area contributed by atoms with E-state index in [4.69, 9.17) is 37.4 Å². The Morgan fingerprint density at radius 1 is 1.06 bits per heavy atom. The number of aromatic nitrogens is 1. The van der Waals surface area contributed by atoms with Gasteiger partial charge in [0.1, 0.15) is 6.61 Å². The lowest BCUT2D eigenvalue weighted by Crippen LogP contribution is -2.33. The van der Waals surface area contributed by atoms with Crippen LogP contribution in [-0.2, 0) is 22.5 Å². The van der Waals surface area contributed by atoms with Crippen LogP contribution in [0.1, 0.15) is 27.3 Å². The number of carbonyl (C=O) groups is 2. The normalized spacial score (nSPS) is 14.7. The number of esters is 1. The maximum Gasteiger partial charge on any atom is 0.310 e. The number of fused-ring (bicyclic) bond motifs is 1. The zero-order valence-electron chi connectivity index (χ0n) is 18.3. The van der Waals surface area contributed by atoms with Crippen molar-refractivity contribution in [2.75, 3.05) is 13.2 Å². The summed E-state index contributed by atoms with van der Waals surface area (Å²) >= 11 is 11.9. The van der Waals surface area contributed by atoms with Crippen molar-refractivity contribution in [2.45, 2.75) is 32.9 Å². The van der Waals surface area contributed by atoms with Gasteiger partial charge >= 0.3 is 5.97 Å². The highest BCUT2D eigenvalue weighted by molar-refractivity contribution is 6.42. The molecule has 6 nitrogen and oxygen atoms in total. The van der Waals surface area contributed by atoms with Crippen LogP contribution in [0.4, 0.5) is 0 Å². The molecule has 2 aromatic carbocycles. The molecule has 1 atom stereocenters. The lowest BCUT2D eigenvalue weighted by molar-refractivity contribution is -0.141. The summed E-state index contributed by atoms with van der Waals surface area (Å²) < 4.78 is 19.1. The Morgan fingerprint density at radius 3 is 2.58 bits per heavy atom. The molecule has 0 N–H and O–H groups in total. The number of rotatable bonds is 7. The van der Waals surface area contributed by atoms with Crippen molar-refractivity contribution in [1.82, 2.24) is 4.57 Å². The van der Waals surface area contributed by atoms with Crippen molar-refractivity contribution < 1.29 is 23.8 Å². The van der Waals surface area contributed by atoms with Gasteiger partial charge < -0.3 is 18.8 Å². The molecule has 1 aliphatic rings. The smallest absolute Gasteiger partial charge is 0.310 e. The molecular weight excluding hydrogens is 465 g/mol. The number of para-hydroxylation sites is 2.